The largest absolute Gasteiger partial charge is 0.388 e. The number of nitrogens with zero attached hydrogens (tertiary/aromatic N) is 1. The fourth-order valence-electron chi connectivity index (χ4n) is 3.01. The van der Waals surface area contributed by atoms with Gasteiger partial charge in [-0.25, -0.2) is 8.42 Å². The second-order valence-electron chi connectivity index (χ2n) is 5.73. The van der Waals surface area contributed by atoms with Gasteiger partial charge in [-0.05, 0) is 19.3 Å². The predicted molar refractivity (Wildman–Crippen MR) is 67.8 cm³/mol. The number of aliphatic hydroxyl groups is 1. The van der Waals surface area contributed by atoms with Crippen LogP contribution in [0.2, 0.25) is 0 Å². The lowest BCUT2D eigenvalue weighted by Gasteiger charge is -2.30. The fourth-order valence-corrected chi connectivity index (χ4v) is 4.74. The Morgan fingerprint density at radius 1 is 1.39 bits per heavy atom. The highest BCUT2D eigenvalue weighted by atomic mass is 32.2. The van der Waals surface area contributed by atoms with Crippen LogP contribution < -0.4 is 0 Å². The number of likely N-dealkylation sites (N-methyl/N-ethyl adjacent to an activating group) is 1. The molecule has 1 aliphatic carbocycles. The Hall–Kier alpha value is -0.620. The van der Waals surface area contributed by atoms with E-state index in [0.29, 0.717) is 13.0 Å². The molecule has 2 rings (SSSR count). The number of sulfone groups is 1. The Balaban J connectivity index is 1.93. The zero-order chi connectivity index (χ0) is 13.4. The van der Waals surface area contributed by atoms with Crippen LogP contribution in [0.4, 0.5) is 0 Å². The summed E-state index contributed by atoms with van der Waals surface area (Å²) in [5, 5.41) is 10.2. The van der Waals surface area contributed by atoms with Crippen LogP contribution in [0, 0.1) is 5.92 Å². The molecule has 2 aliphatic rings. The van der Waals surface area contributed by atoms with Crippen molar-refractivity contribution < 1.29 is 18.3 Å². The van der Waals surface area contributed by atoms with Gasteiger partial charge < -0.3 is 10.0 Å². The van der Waals surface area contributed by atoms with Crippen molar-refractivity contribution in [2.24, 2.45) is 5.92 Å². The molecule has 1 amide bonds. The number of hydrogen-bond donors (Lipinski definition) is 1. The van der Waals surface area contributed by atoms with Gasteiger partial charge in [0.25, 0.3) is 0 Å². The van der Waals surface area contributed by atoms with Crippen molar-refractivity contribution >= 4 is 15.7 Å². The van der Waals surface area contributed by atoms with E-state index in [1.165, 1.54) is 4.90 Å². The van der Waals surface area contributed by atoms with Crippen LogP contribution in [0.3, 0.4) is 0 Å². The number of amides is 1. The summed E-state index contributed by atoms with van der Waals surface area (Å²) in [6.07, 6.45) is 3.87. The van der Waals surface area contributed by atoms with Crippen molar-refractivity contribution in [1.29, 1.82) is 0 Å². The second-order valence-corrected chi connectivity index (χ2v) is 7.95. The molecule has 1 unspecified atom stereocenters. The fraction of sp³-hybridized carbons (Fsp3) is 0.917. The lowest BCUT2D eigenvalue weighted by Crippen LogP contribution is -2.44. The highest BCUT2D eigenvalue weighted by Gasteiger charge is 2.38. The third kappa shape index (κ3) is 3.03. The summed E-state index contributed by atoms with van der Waals surface area (Å²) in [6, 6.07) is 0. The highest BCUT2D eigenvalue weighted by molar-refractivity contribution is 7.91. The van der Waals surface area contributed by atoms with Crippen molar-refractivity contribution in [1.82, 2.24) is 4.90 Å². The number of hydrogen-bond acceptors (Lipinski definition) is 4. The lowest BCUT2D eigenvalue weighted by atomic mass is 10.0. The summed E-state index contributed by atoms with van der Waals surface area (Å²) >= 11 is 0. The number of carbonyl (C=O) groups excluding carboxylic acids is 1. The first kappa shape index (κ1) is 13.8. The van der Waals surface area contributed by atoms with Crippen molar-refractivity contribution in [3.63, 3.8) is 0 Å². The van der Waals surface area contributed by atoms with Crippen LogP contribution >= 0.6 is 0 Å². The van der Waals surface area contributed by atoms with Gasteiger partial charge in [-0.15, -0.1) is 0 Å². The monoisotopic (exact) mass is 275 g/mol. The van der Waals surface area contributed by atoms with Gasteiger partial charge in [0.1, 0.15) is 0 Å². The first-order valence-electron chi connectivity index (χ1n) is 6.49. The van der Waals surface area contributed by atoms with E-state index in [0.717, 1.165) is 25.7 Å². The standard InChI is InChI=1S/C12H21NO4S/c1-13(9-12(15)5-2-3-6-12)11(14)10-4-7-18(16,17)8-10/h10,15H,2-9H2,1H3. The van der Waals surface area contributed by atoms with Gasteiger partial charge in [-0.1, -0.05) is 12.8 Å². The van der Waals surface area contributed by atoms with E-state index in [9.17, 15) is 18.3 Å². The molecule has 1 saturated heterocycles. The molecule has 104 valence electrons. The van der Waals surface area contributed by atoms with Gasteiger partial charge in [0, 0.05) is 13.6 Å². The van der Waals surface area contributed by atoms with E-state index in [2.05, 4.69) is 0 Å². The minimum Gasteiger partial charge on any atom is -0.388 e. The molecule has 0 radical (unpaired) electrons. The van der Waals surface area contributed by atoms with E-state index in [1.54, 1.807) is 7.05 Å². The molecule has 1 saturated carbocycles. The maximum atomic E-state index is 12.1. The number of carbonyl (C=O) groups is 1. The van der Waals surface area contributed by atoms with Gasteiger partial charge in [-0.3, -0.25) is 4.79 Å². The Morgan fingerprint density at radius 3 is 2.50 bits per heavy atom. The van der Waals surface area contributed by atoms with Crippen LogP contribution in [0.5, 0.6) is 0 Å². The average Bonchev–Trinajstić information content (AvgIpc) is 2.84. The molecule has 1 aliphatic heterocycles. The molecule has 5 nitrogen and oxygen atoms in total. The summed E-state index contributed by atoms with van der Waals surface area (Å²) in [7, 11) is -1.37. The summed E-state index contributed by atoms with van der Waals surface area (Å²) < 4.78 is 22.7. The van der Waals surface area contributed by atoms with E-state index >= 15 is 0 Å². The zero-order valence-corrected chi connectivity index (χ0v) is 11.6. The smallest absolute Gasteiger partial charge is 0.226 e. The Kier molecular flexibility index (Phi) is 3.69. The normalized spacial score (nSPS) is 29.3. The van der Waals surface area contributed by atoms with Crippen LogP contribution in [0.1, 0.15) is 32.1 Å². The van der Waals surface area contributed by atoms with Gasteiger partial charge in [-0.2, -0.15) is 0 Å². The van der Waals surface area contributed by atoms with Crippen molar-refractivity contribution in [2.45, 2.75) is 37.7 Å². The van der Waals surface area contributed by atoms with E-state index in [1.807, 2.05) is 0 Å². The van der Waals surface area contributed by atoms with E-state index in [4.69, 9.17) is 0 Å². The predicted octanol–water partition coefficient (Wildman–Crippen LogP) is 0.185. The molecule has 1 heterocycles. The number of rotatable bonds is 3. The van der Waals surface area contributed by atoms with Crippen LogP contribution in [0.25, 0.3) is 0 Å². The maximum Gasteiger partial charge on any atom is 0.226 e. The molecule has 0 aromatic carbocycles. The zero-order valence-electron chi connectivity index (χ0n) is 10.8. The molecule has 18 heavy (non-hydrogen) atoms. The van der Waals surface area contributed by atoms with Crippen LogP contribution in [0.15, 0.2) is 0 Å². The minimum absolute atomic E-state index is 0.0331. The second kappa shape index (κ2) is 4.81. The summed E-state index contributed by atoms with van der Waals surface area (Å²) in [4.78, 5) is 13.6. The third-order valence-corrected chi connectivity index (χ3v) is 5.79. The van der Waals surface area contributed by atoms with Gasteiger partial charge in [0.15, 0.2) is 9.84 Å². The molecule has 6 heteroatoms. The maximum absolute atomic E-state index is 12.1. The molecule has 0 aromatic rings. The Morgan fingerprint density at radius 2 is 2.00 bits per heavy atom. The van der Waals surface area contributed by atoms with Crippen LogP contribution in [-0.2, 0) is 14.6 Å². The molecular formula is C12H21NO4S. The highest BCUT2D eigenvalue weighted by Crippen LogP contribution is 2.30. The van der Waals surface area contributed by atoms with Crippen molar-refractivity contribution in [2.75, 3.05) is 25.1 Å². The third-order valence-electron chi connectivity index (χ3n) is 4.02. The van der Waals surface area contributed by atoms with E-state index < -0.39 is 21.4 Å². The summed E-state index contributed by atoms with van der Waals surface area (Å²) in [5.74, 6) is -0.475. The molecule has 0 aromatic heterocycles. The molecule has 0 spiro atoms. The quantitative estimate of drug-likeness (QED) is 0.797. The Bertz CT molecular complexity index is 425. The Labute approximate surface area is 108 Å². The van der Waals surface area contributed by atoms with Crippen LogP contribution in [-0.4, -0.2) is 55.0 Å². The summed E-state index contributed by atoms with van der Waals surface area (Å²) in [6.45, 7) is 0.322. The molecule has 0 bridgehead atoms. The average molecular weight is 275 g/mol. The van der Waals surface area contributed by atoms with Gasteiger partial charge >= 0.3 is 0 Å². The SMILES string of the molecule is CN(CC1(O)CCCC1)C(=O)C1CCS(=O)(=O)C1. The lowest BCUT2D eigenvalue weighted by molar-refractivity contribution is -0.136. The molecular weight excluding hydrogens is 254 g/mol. The van der Waals surface area contributed by atoms with Crippen molar-refractivity contribution in [3.05, 3.63) is 0 Å². The topological polar surface area (TPSA) is 74.7 Å². The molecule has 1 N–H and O–H groups in total. The van der Waals surface area contributed by atoms with E-state index in [-0.39, 0.29) is 17.4 Å². The van der Waals surface area contributed by atoms with Gasteiger partial charge in [0.2, 0.25) is 5.91 Å². The first-order valence-corrected chi connectivity index (χ1v) is 8.31. The van der Waals surface area contributed by atoms with Crippen molar-refractivity contribution in [3.8, 4) is 0 Å². The summed E-state index contributed by atoms with van der Waals surface area (Å²) in [5.41, 5.74) is -0.762. The first-order chi connectivity index (χ1) is 8.31. The minimum atomic E-state index is -3.03. The van der Waals surface area contributed by atoms with Gasteiger partial charge in [0.05, 0.1) is 23.0 Å². The molecule has 1 atom stereocenters. The molecule has 2 fully saturated rings.